The smallest absolute Gasteiger partial charge is 0.410 e. The lowest BCUT2D eigenvalue weighted by Crippen LogP contribution is -2.40. The molecular weight excluding hydrogens is 358 g/mol. The number of hydrogen-bond acceptors (Lipinski definition) is 4. The third-order valence-electron chi connectivity index (χ3n) is 3.98. The predicted molar refractivity (Wildman–Crippen MR) is 93.2 cm³/mol. The van der Waals surface area contributed by atoms with E-state index >= 15 is 0 Å². The zero-order chi connectivity index (χ0) is 19.8. The average molecular weight is 378 g/mol. The fourth-order valence-electron chi connectivity index (χ4n) is 2.76. The van der Waals surface area contributed by atoms with E-state index in [4.69, 9.17) is 4.74 Å². The van der Waals surface area contributed by atoms with Gasteiger partial charge in [0, 0.05) is 18.2 Å². The molecule has 1 aromatic heterocycles. The van der Waals surface area contributed by atoms with E-state index in [1.54, 1.807) is 20.8 Å². The summed E-state index contributed by atoms with van der Waals surface area (Å²) in [5.74, 6) is -2.21. The highest BCUT2D eigenvalue weighted by Gasteiger charge is 2.30. The van der Waals surface area contributed by atoms with Crippen molar-refractivity contribution in [3.05, 3.63) is 46.8 Å². The number of aromatic nitrogens is 2. The highest BCUT2D eigenvalue weighted by molar-refractivity contribution is 6.04. The number of nitrogens with zero attached hydrogens (tertiary/aromatic N) is 2. The molecule has 0 fully saturated rings. The van der Waals surface area contributed by atoms with Crippen LogP contribution < -0.4 is 5.32 Å². The average Bonchev–Trinajstić information content (AvgIpc) is 2.99. The lowest BCUT2D eigenvalue weighted by Gasteiger charge is -2.29. The summed E-state index contributed by atoms with van der Waals surface area (Å²) in [6, 6.07) is 2.89. The second-order valence-electron chi connectivity index (χ2n) is 7.26. The van der Waals surface area contributed by atoms with E-state index < -0.39 is 29.2 Å². The largest absolute Gasteiger partial charge is 0.444 e. The molecule has 3 rings (SSSR count). The zero-order valence-corrected chi connectivity index (χ0v) is 15.2. The number of amides is 2. The van der Waals surface area contributed by atoms with Crippen LogP contribution in [0.15, 0.2) is 18.2 Å². The number of fused-ring (bicyclic) bond motifs is 1. The number of ether oxygens (including phenoxy) is 1. The van der Waals surface area contributed by atoms with Crippen molar-refractivity contribution in [2.45, 2.75) is 39.3 Å². The first-order chi connectivity index (χ1) is 12.6. The molecule has 0 saturated heterocycles. The standard InChI is InChI=1S/C18H20F2N4O3/c1-18(2,3)27-17(26)24-7-6-11-14(9-24)22-23-15(11)16(25)21-13-5-4-10(19)8-12(13)20/h4-5,8H,6-7,9H2,1-3H3,(H,21,25)(H,22,23). The molecule has 2 amide bonds. The van der Waals surface area contributed by atoms with Crippen molar-refractivity contribution in [2.24, 2.45) is 0 Å². The Morgan fingerprint density at radius 2 is 2.04 bits per heavy atom. The van der Waals surface area contributed by atoms with E-state index in [1.165, 1.54) is 4.90 Å². The molecule has 2 aromatic rings. The Morgan fingerprint density at radius 3 is 2.70 bits per heavy atom. The maximum absolute atomic E-state index is 13.7. The minimum atomic E-state index is -0.871. The molecular formula is C18H20F2N4O3. The minimum absolute atomic E-state index is 0.123. The molecule has 1 aliphatic heterocycles. The van der Waals surface area contributed by atoms with E-state index in [0.29, 0.717) is 30.3 Å². The van der Waals surface area contributed by atoms with Gasteiger partial charge in [-0.3, -0.25) is 9.89 Å². The van der Waals surface area contributed by atoms with E-state index in [2.05, 4.69) is 15.5 Å². The summed E-state index contributed by atoms with van der Waals surface area (Å²) >= 11 is 0. The van der Waals surface area contributed by atoms with Crippen LogP contribution in [-0.2, 0) is 17.7 Å². The summed E-state index contributed by atoms with van der Waals surface area (Å²) in [6.45, 7) is 5.95. The van der Waals surface area contributed by atoms with Crippen LogP contribution in [0.1, 0.15) is 42.5 Å². The fourth-order valence-corrected chi connectivity index (χ4v) is 2.76. The Kier molecular flexibility index (Phi) is 4.86. The third-order valence-corrected chi connectivity index (χ3v) is 3.98. The molecule has 0 spiro atoms. The molecule has 2 N–H and O–H groups in total. The summed E-state index contributed by atoms with van der Waals surface area (Å²) in [6.07, 6.45) is -0.0400. The summed E-state index contributed by atoms with van der Waals surface area (Å²) in [4.78, 5) is 26.1. The van der Waals surface area contributed by atoms with Crippen molar-refractivity contribution in [1.82, 2.24) is 15.1 Å². The van der Waals surface area contributed by atoms with Gasteiger partial charge in [-0.1, -0.05) is 0 Å². The van der Waals surface area contributed by atoms with E-state index in [9.17, 15) is 18.4 Å². The Morgan fingerprint density at radius 1 is 1.30 bits per heavy atom. The normalized spacial score (nSPS) is 13.9. The summed E-state index contributed by atoms with van der Waals surface area (Å²) in [5, 5.41) is 9.13. The molecule has 2 heterocycles. The van der Waals surface area contributed by atoms with Crippen LogP contribution in [0.5, 0.6) is 0 Å². The first kappa shape index (κ1) is 18.8. The summed E-state index contributed by atoms with van der Waals surface area (Å²) in [5.41, 5.74) is 0.670. The Labute approximate surface area is 154 Å². The van der Waals surface area contributed by atoms with Crippen LogP contribution >= 0.6 is 0 Å². The van der Waals surface area contributed by atoms with Crippen molar-refractivity contribution in [1.29, 1.82) is 0 Å². The zero-order valence-electron chi connectivity index (χ0n) is 15.2. The molecule has 7 nitrogen and oxygen atoms in total. The first-order valence-electron chi connectivity index (χ1n) is 8.44. The summed E-state index contributed by atoms with van der Waals surface area (Å²) < 4.78 is 32.1. The van der Waals surface area contributed by atoms with Crippen molar-refractivity contribution in [2.75, 3.05) is 11.9 Å². The molecule has 1 aromatic carbocycles. The van der Waals surface area contributed by atoms with Crippen LogP contribution in [0.4, 0.5) is 19.3 Å². The predicted octanol–water partition coefficient (Wildman–Crippen LogP) is 3.23. The van der Waals surface area contributed by atoms with Gasteiger partial charge in [0.25, 0.3) is 5.91 Å². The van der Waals surface area contributed by atoms with Gasteiger partial charge < -0.3 is 15.0 Å². The first-order valence-corrected chi connectivity index (χ1v) is 8.44. The van der Waals surface area contributed by atoms with E-state index in [1.807, 2.05) is 0 Å². The maximum atomic E-state index is 13.7. The van der Waals surface area contributed by atoms with Crippen molar-refractivity contribution < 1.29 is 23.1 Å². The van der Waals surface area contributed by atoms with Gasteiger partial charge in [0.2, 0.25) is 0 Å². The fraction of sp³-hybridized carbons (Fsp3) is 0.389. The summed E-state index contributed by atoms with van der Waals surface area (Å²) in [7, 11) is 0. The highest BCUT2D eigenvalue weighted by atomic mass is 19.1. The van der Waals surface area contributed by atoms with E-state index in [-0.39, 0.29) is 17.9 Å². The van der Waals surface area contributed by atoms with Crippen LogP contribution in [-0.4, -0.2) is 39.2 Å². The number of carbonyl (C=O) groups excluding carboxylic acids is 2. The van der Waals surface area contributed by atoms with Crippen molar-refractivity contribution in [3.63, 3.8) is 0 Å². The molecule has 0 bridgehead atoms. The number of nitrogens with one attached hydrogen (secondary N) is 2. The number of anilines is 1. The molecule has 0 atom stereocenters. The third kappa shape index (κ3) is 4.24. The van der Waals surface area contributed by atoms with Crippen LogP contribution in [0.25, 0.3) is 0 Å². The molecule has 144 valence electrons. The lowest BCUT2D eigenvalue weighted by molar-refractivity contribution is 0.0221. The number of rotatable bonds is 2. The van der Waals surface area contributed by atoms with Gasteiger partial charge in [0.05, 0.1) is 17.9 Å². The number of H-pyrrole nitrogens is 1. The molecule has 0 radical (unpaired) electrons. The molecule has 0 aliphatic carbocycles. The quantitative estimate of drug-likeness (QED) is 0.840. The topological polar surface area (TPSA) is 87.3 Å². The molecule has 0 unspecified atom stereocenters. The minimum Gasteiger partial charge on any atom is -0.444 e. The number of benzene rings is 1. The second kappa shape index (κ2) is 6.98. The van der Waals surface area contributed by atoms with Gasteiger partial charge in [-0.25, -0.2) is 13.6 Å². The number of aromatic amines is 1. The maximum Gasteiger partial charge on any atom is 0.410 e. The van der Waals surface area contributed by atoms with Crippen molar-refractivity contribution in [3.8, 4) is 0 Å². The highest BCUT2D eigenvalue weighted by Crippen LogP contribution is 2.23. The van der Waals surface area contributed by atoms with Gasteiger partial charge in [-0.15, -0.1) is 0 Å². The Balaban J connectivity index is 1.72. The molecule has 0 saturated carbocycles. The van der Waals surface area contributed by atoms with Gasteiger partial charge in [0.15, 0.2) is 5.69 Å². The van der Waals surface area contributed by atoms with Crippen LogP contribution in [0.3, 0.4) is 0 Å². The van der Waals surface area contributed by atoms with Gasteiger partial charge >= 0.3 is 6.09 Å². The molecule has 1 aliphatic rings. The number of carbonyl (C=O) groups is 2. The SMILES string of the molecule is CC(C)(C)OC(=O)N1CCc2c(C(=O)Nc3ccc(F)cc3F)n[nH]c2C1. The Bertz CT molecular complexity index is 889. The van der Waals surface area contributed by atoms with Crippen LogP contribution in [0, 0.1) is 11.6 Å². The monoisotopic (exact) mass is 378 g/mol. The number of halogens is 2. The molecule has 9 heteroatoms. The van der Waals surface area contributed by atoms with E-state index in [0.717, 1.165) is 12.1 Å². The van der Waals surface area contributed by atoms with Gasteiger partial charge in [-0.05, 0) is 39.3 Å². The lowest BCUT2D eigenvalue weighted by atomic mass is 10.0. The van der Waals surface area contributed by atoms with Gasteiger partial charge in [-0.2, -0.15) is 5.10 Å². The van der Waals surface area contributed by atoms with Crippen LogP contribution in [0.2, 0.25) is 0 Å². The molecule has 27 heavy (non-hydrogen) atoms. The van der Waals surface area contributed by atoms with Crippen molar-refractivity contribution >= 4 is 17.7 Å². The second-order valence-corrected chi connectivity index (χ2v) is 7.26. The van der Waals surface area contributed by atoms with Gasteiger partial charge in [0.1, 0.15) is 17.2 Å². The Hall–Kier alpha value is -2.97. The number of hydrogen-bond donors (Lipinski definition) is 2.